The Labute approximate surface area is 99.1 Å². The Morgan fingerprint density at radius 2 is 1.62 bits per heavy atom. The van der Waals surface area contributed by atoms with Crippen molar-refractivity contribution >= 4 is 8.80 Å². The lowest BCUT2D eigenvalue weighted by atomic mass is 9.96. The minimum absolute atomic E-state index is 0.659. The Morgan fingerprint density at radius 1 is 1.06 bits per heavy atom. The minimum atomic E-state index is -2.54. The van der Waals surface area contributed by atoms with Crippen LogP contribution in [0.3, 0.4) is 0 Å². The van der Waals surface area contributed by atoms with Gasteiger partial charge >= 0.3 is 8.80 Å². The summed E-state index contributed by atoms with van der Waals surface area (Å²) in [6.45, 7) is 2.23. The Hall–Kier alpha value is -0.163. The van der Waals surface area contributed by atoms with Gasteiger partial charge in [0.25, 0.3) is 0 Å². The third kappa shape index (κ3) is 1.59. The molecule has 0 heterocycles. The molecule has 0 aliphatic heterocycles. The Balaban J connectivity index is 2.40. The summed E-state index contributed by atoms with van der Waals surface area (Å²) in [5.41, 5.74) is 1.56. The van der Waals surface area contributed by atoms with E-state index >= 15 is 0 Å². The van der Waals surface area contributed by atoms with Crippen LogP contribution in [0.2, 0.25) is 0 Å². The standard InChI is InChI=1S/C12H22O3Si/c1-5-11-9-6-7-10(8-9)12(11)16(13-2,14-3)15-4/h9-10H,5-8H2,1-4H3. The molecule has 0 spiro atoms. The molecule has 92 valence electrons. The molecule has 0 radical (unpaired) electrons. The van der Waals surface area contributed by atoms with E-state index in [9.17, 15) is 0 Å². The van der Waals surface area contributed by atoms with Crippen LogP contribution < -0.4 is 0 Å². The molecule has 0 aromatic heterocycles. The highest BCUT2D eigenvalue weighted by molar-refractivity contribution is 6.69. The number of fused-ring (bicyclic) bond motifs is 2. The summed E-state index contributed by atoms with van der Waals surface area (Å²) in [5.74, 6) is 1.43. The predicted molar refractivity (Wildman–Crippen MR) is 64.9 cm³/mol. The second kappa shape index (κ2) is 4.60. The smallest absolute Gasteiger partial charge is 0.374 e. The lowest BCUT2D eigenvalue weighted by Crippen LogP contribution is -2.47. The topological polar surface area (TPSA) is 27.7 Å². The van der Waals surface area contributed by atoms with Gasteiger partial charge in [0.05, 0.1) is 0 Å². The maximum atomic E-state index is 5.64. The number of hydrogen-bond acceptors (Lipinski definition) is 3. The fraction of sp³-hybridized carbons (Fsp3) is 0.833. The van der Waals surface area contributed by atoms with Crippen LogP contribution in [0.1, 0.15) is 32.6 Å². The molecule has 2 bridgehead atoms. The van der Waals surface area contributed by atoms with Crippen molar-refractivity contribution in [2.75, 3.05) is 21.3 Å². The molecule has 16 heavy (non-hydrogen) atoms. The summed E-state index contributed by atoms with van der Waals surface area (Å²) >= 11 is 0. The summed E-state index contributed by atoms with van der Waals surface area (Å²) in [4.78, 5) is 0. The molecule has 1 saturated carbocycles. The van der Waals surface area contributed by atoms with Gasteiger partial charge in [0.1, 0.15) is 0 Å². The second-order valence-electron chi connectivity index (χ2n) is 4.67. The van der Waals surface area contributed by atoms with Crippen molar-refractivity contribution in [3.63, 3.8) is 0 Å². The van der Waals surface area contributed by atoms with Crippen LogP contribution in [-0.2, 0) is 13.3 Å². The van der Waals surface area contributed by atoms with Crippen molar-refractivity contribution in [3.8, 4) is 0 Å². The largest absolute Gasteiger partial charge is 0.532 e. The van der Waals surface area contributed by atoms with Crippen molar-refractivity contribution in [1.29, 1.82) is 0 Å². The van der Waals surface area contributed by atoms with Crippen LogP contribution in [0, 0.1) is 11.8 Å². The van der Waals surface area contributed by atoms with Crippen LogP contribution in [0.25, 0.3) is 0 Å². The van der Waals surface area contributed by atoms with Crippen LogP contribution in [0.5, 0.6) is 0 Å². The average Bonchev–Trinajstić information content (AvgIpc) is 2.92. The van der Waals surface area contributed by atoms with Gasteiger partial charge in [-0.15, -0.1) is 0 Å². The van der Waals surface area contributed by atoms with Crippen molar-refractivity contribution in [3.05, 3.63) is 10.8 Å². The SMILES string of the molecule is CCC1=C([Si](OC)(OC)OC)C2CCC1C2. The van der Waals surface area contributed by atoms with Gasteiger partial charge in [-0.2, -0.15) is 0 Å². The Bertz CT molecular complexity index is 288. The number of rotatable bonds is 5. The van der Waals surface area contributed by atoms with Crippen molar-refractivity contribution in [1.82, 2.24) is 0 Å². The molecule has 1 fully saturated rings. The van der Waals surface area contributed by atoms with E-state index in [4.69, 9.17) is 13.3 Å². The zero-order valence-electron chi connectivity index (χ0n) is 10.7. The van der Waals surface area contributed by atoms with Crippen LogP contribution in [0.15, 0.2) is 10.8 Å². The average molecular weight is 242 g/mol. The predicted octanol–water partition coefficient (Wildman–Crippen LogP) is 2.54. The van der Waals surface area contributed by atoms with Gasteiger partial charge in [0, 0.05) is 26.5 Å². The van der Waals surface area contributed by atoms with E-state index in [2.05, 4.69) is 6.92 Å². The maximum absolute atomic E-state index is 5.64. The highest BCUT2D eigenvalue weighted by atomic mass is 28.4. The van der Waals surface area contributed by atoms with E-state index in [-0.39, 0.29) is 0 Å². The zero-order chi connectivity index (χ0) is 11.8. The second-order valence-corrected chi connectivity index (χ2v) is 7.54. The first-order valence-electron chi connectivity index (χ1n) is 6.11. The molecule has 0 saturated heterocycles. The first kappa shape index (κ1) is 12.3. The van der Waals surface area contributed by atoms with Crippen molar-refractivity contribution in [2.24, 2.45) is 11.8 Å². The first-order valence-corrected chi connectivity index (χ1v) is 7.83. The van der Waals surface area contributed by atoms with E-state index in [0.29, 0.717) is 5.92 Å². The summed E-state index contributed by atoms with van der Waals surface area (Å²) < 4.78 is 16.9. The van der Waals surface area contributed by atoms with Crippen LogP contribution in [-0.4, -0.2) is 30.1 Å². The summed E-state index contributed by atoms with van der Waals surface area (Å²) in [7, 11) is 2.60. The lowest BCUT2D eigenvalue weighted by Gasteiger charge is -2.31. The first-order chi connectivity index (χ1) is 7.72. The fourth-order valence-corrected chi connectivity index (χ4v) is 6.24. The van der Waals surface area contributed by atoms with Crippen LogP contribution in [0.4, 0.5) is 0 Å². The zero-order valence-corrected chi connectivity index (χ0v) is 11.7. The van der Waals surface area contributed by atoms with E-state index in [1.165, 1.54) is 24.5 Å². The van der Waals surface area contributed by atoms with Crippen molar-refractivity contribution in [2.45, 2.75) is 32.6 Å². The Kier molecular flexibility index (Phi) is 3.54. The molecule has 0 aromatic carbocycles. The monoisotopic (exact) mass is 242 g/mol. The maximum Gasteiger partial charge on any atom is 0.532 e. The molecule has 2 rings (SSSR count). The van der Waals surface area contributed by atoms with Gasteiger partial charge in [-0.05, 0) is 37.5 Å². The lowest BCUT2D eigenvalue weighted by molar-refractivity contribution is 0.130. The molecule has 2 unspecified atom stereocenters. The third-order valence-electron chi connectivity index (χ3n) is 4.20. The molecule has 0 aromatic rings. The summed E-state index contributed by atoms with van der Waals surface area (Å²) in [5, 5.41) is 1.40. The minimum Gasteiger partial charge on any atom is -0.374 e. The van der Waals surface area contributed by atoms with Gasteiger partial charge in [0.2, 0.25) is 0 Å². The molecular formula is C12H22O3Si. The van der Waals surface area contributed by atoms with Gasteiger partial charge in [0.15, 0.2) is 0 Å². The van der Waals surface area contributed by atoms with E-state index in [1.54, 1.807) is 26.9 Å². The van der Waals surface area contributed by atoms with Crippen LogP contribution >= 0.6 is 0 Å². The van der Waals surface area contributed by atoms with Gasteiger partial charge in [-0.1, -0.05) is 12.5 Å². The Morgan fingerprint density at radius 3 is 2.12 bits per heavy atom. The highest BCUT2D eigenvalue weighted by Crippen LogP contribution is 2.52. The summed E-state index contributed by atoms with van der Waals surface area (Å²) in [6, 6.07) is 0. The van der Waals surface area contributed by atoms with Gasteiger partial charge < -0.3 is 13.3 Å². The quantitative estimate of drug-likeness (QED) is 0.693. The highest BCUT2D eigenvalue weighted by Gasteiger charge is 2.53. The molecule has 2 atom stereocenters. The molecule has 0 N–H and O–H groups in total. The molecular weight excluding hydrogens is 220 g/mol. The fourth-order valence-electron chi connectivity index (χ4n) is 3.55. The third-order valence-corrected chi connectivity index (χ3v) is 7.20. The van der Waals surface area contributed by atoms with E-state index in [1.807, 2.05) is 0 Å². The molecule has 3 nitrogen and oxygen atoms in total. The normalized spacial score (nSPS) is 29.2. The van der Waals surface area contributed by atoms with E-state index < -0.39 is 8.80 Å². The number of allylic oxidation sites excluding steroid dienone is 2. The number of hydrogen-bond donors (Lipinski definition) is 0. The molecule has 0 amide bonds. The van der Waals surface area contributed by atoms with E-state index in [0.717, 1.165) is 12.3 Å². The molecule has 2 aliphatic carbocycles. The molecule has 2 aliphatic rings. The molecule has 4 heteroatoms. The van der Waals surface area contributed by atoms with Gasteiger partial charge in [-0.25, -0.2) is 0 Å². The van der Waals surface area contributed by atoms with Gasteiger partial charge in [-0.3, -0.25) is 0 Å². The summed E-state index contributed by atoms with van der Waals surface area (Å²) in [6.07, 6.45) is 5.04. The van der Waals surface area contributed by atoms with Crippen molar-refractivity contribution < 1.29 is 13.3 Å².